The van der Waals surface area contributed by atoms with Gasteiger partial charge in [-0.2, -0.15) is 0 Å². The number of hydrogen-bond acceptors (Lipinski definition) is 3. The molecule has 5 nitrogen and oxygen atoms in total. The maximum Gasteiger partial charge on any atom is 0.197 e. The van der Waals surface area contributed by atoms with Crippen LogP contribution in [0.5, 0.6) is 5.75 Å². The molecular formula is C20H11ClN2O3. The van der Waals surface area contributed by atoms with Crippen LogP contribution < -0.4 is 10.9 Å². The van der Waals surface area contributed by atoms with Gasteiger partial charge in [0, 0.05) is 32.1 Å². The van der Waals surface area contributed by atoms with Crippen LogP contribution in [0.4, 0.5) is 0 Å². The lowest BCUT2D eigenvalue weighted by Gasteiger charge is -2.07. The van der Waals surface area contributed by atoms with Crippen LogP contribution >= 0.6 is 11.6 Å². The summed E-state index contributed by atoms with van der Waals surface area (Å²) in [7, 11) is 0. The fourth-order valence-electron chi connectivity index (χ4n) is 3.41. The van der Waals surface area contributed by atoms with E-state index in [-0.39, 0.29) is 16.6 Å². The van der Waals surface area contributed by atoms with E-state index in [1.165, 1.54) is 12.1 Å². The van der Waals surface area contributed by atoms with Crippen molar-refractivity contribution in [2.45, 2.75) is 0 Å². The number of aromatic nitrogens is 2. The Labute approximate surface area is 150 Å². The molecule has 126 valence electrons. The number of aromatic amines is 2. The van der Waals surface area contributed by atoms with Crippen molar-refractivity contribution in [3.63, 3.8) is 0 Å². The van der Waals surface area contributed by atoms with Gasteiger partial charge >= 0.3 is 0 Å². The zero-order valence-corrected chi connectivity index (χ0v) is 14.0. The van der Waals surface area contributed by atoms with Crippen molar-refractivity contribution in [1.29, 1.82) is 0 Å². The van der Waals surface area contributed by atoms with Gasteiger partial charge in [-0.1, -0.05) is 11.6 Å². The molecule has 0 radical (unpaired) electrons. The van der Waals surface area contributed by atoms with Gasteiger partial charge in [-0.15, -0.1) is 0 Å². The summed E-state index contributed by atoms with van der Waals surface area (Å²) in [5, 5.41) is 12.0. The van der Waals surface area contributed by atoms with Crippen LogP contribution in [-0.2, 0) is 0 Å². The number of phenols is 1. The minimum atomic E-state index is -0.205. The third kappa shape index (κ3) is 2.04. The third-order valence-electron chi connectivity index (χ3n) is 4.66. The molecule has 0 atom stereocenters. The Bertz CT molecular complexity index is 1380. The summed E-state index contributed by atoms with van der Waals surface area (Å²) in [6.45, 7) is 0. The van der Waals surface area contributed by atoms with Gasteiger partial charge in [0.25, 0.3) is 0 Å². The second-order valence-corrected chi connectivity index (χ2v) is 6.71. The van der Waals surface area contributed by atoms with Gasteiger partial charge in [0.2, 0.25) is 0 Å². The van der Waals surface area contributed by atoms with Crippen LogP contribution in [0.2, 0.25) is 5.02 Å². The fraction of sp³-hybridized carbons (Fsp3) is 0. The number of aromatic hydroxyl groups is 1. The quantitative estimate of drug-likeness (QED) is 0.363. The van der Waals surface area contributed by atoms with E-state index in [2.05, 4.69) is 9.97 Å². The summed E-state index contributed by atoms with van der Waals surface area (Å²) in [5.74, 6) is 0.0272. The standard InChI is InChI=1S/C20H11ClN2O3/c21-9-1-3-15-11(5-9)19(25)13-7-18-14(8-17(13)22-15)20(26)12-6-10(24)2-4-16(12)23-18/h1-8,24H,(H,22,25)(H,23,26). The van der Waals surface area contributed by atoms with Gasteiger partial charge in [0.1, 0.15) is 5.75 Å². The average molecular weight is 363 g/mol. The Morgan fingerprint density at radius 1 is 0.654 bits per heavy atom. The molecule has 3 aromatic carbocycles. The van der Waals surface area contributed by atoms with E-state index < -0.39 is 0 Å². The first kappa shape index (κ1) is 15.0. The average Bonchev–Trinajstić information content (AvgIpc) is 2.63. The maximum atomic E-state index is 12.9. The molecule has 0 aliphatic rings. The zero-order valence-electron chi connectivity index (χ0n) is 13.3. The number of benzene rings is 3. The molecule has 0 unspecified atom stereocenters. The molecule has 5 aromatic rings. The van der Waals surface area contributed by atoms with Gasteiger partial charge in [0.15, 0.2) is 10.9 Å². The predicted molar refractivity (Wildman–Crippen MR) is 104 cm³/mol. The van der Waals surface area contributed by atoms with Gasteiger partial charge < -0.3 is 15.1 Å². The lowest BCUT2D eigenvalue weighted by Crippen LogP contribution is -2.08. The van der Waals surface area contributed by atoms with Crippen LogP contribution in [0, 0.1) is 0 Å². The number of rotatable bonds is 0. The molecule has 0 aliphatic heterocycles. The molecule has 0 saturated carbocycles. The Hall–Kier alpha value is -3.31. The first-order valence-corrected chi connectivity index (χ1v) is 8.33. The van der Waals surface area contributed by atoms with Crippen LogP contribution in [0.25, 0.3) is 43.6 Å². The van der Waals surface area contributed by atoms with Crippen molar-refractivity contribution >= 4 is 55.2 Å². The molecule has 6 heteroatoms. The van der Waals surface area contributed by atoms with Crippen LogP contribution in [0.3, 0.4) is 0 Å². The molecule has 0 aliphatic carbocycles. The highest BCUT2D eigenvalue weighted by atomic mass is 35.5. The number of fused-ring (bicyclic) bond motifs is 4. The van der Waals surface area contributed by atoms with Crippen LogP contribution in [0.1, 0.15) is 0 Å². The number of halogens is 1. The molecule has 0 amide bonds. The van der Waals surface area contributed by atoms with Crippen molar-refractivity contribution < 1.29 is 5.11 Å². The first-order chi connectivity index (χ1) is 12.5. The smallest absolute Gasteiger partial charge is 0.197 e. The Morgan fingerprint density at radius 2 is 1.15 bits per heavy atom. The minimum absolute atomic E-state index is 0.0272. The molecule has 5 rings (SSSR count). The lowest BCUT2D eigenvalue weighted by molar-refractivity contribution is 0.476. The summed E-state index contributed by atoms with van der Waals surface area (Å²) in [6.07, 6.45) is 0. The number of phenolic OH excluding ortho intramolecular Hbond substituents is 1. The summed E-state index contributed by atoms with van der Waals surface area (Å²) >= 11 is 6.02. The molecule has 0 bridgehead atoms. The van der Waals surface area contributed by atoms with E-state index in [1.54, 1.807) is 36.4 Å². The van der Waals surface area contributed by atoms with Crippen molar-refractivity contribution in [3.8, 4) is 5.75 Å². The van der Waals surface area contributed by atoms with Crippen molar-refractivity contribution in [2.24, 2.45) is 0 Å². The molecule has 26 heavy (non-hydrogen) atoms. The maximum absolute atomic E-state index is 12.9. The number of nitrogens with one attached hydrogen (secondary N) is 2. The summed E-state index contributed by atoms with van der Waals surface area (Å²) in [5.41, 5.74) is 2.03. The fourth-order valence-corrected chi connectivity index (χ4v) is 3.58. The van der Waals surface area contributed by atoms with E-state index >= 15 is 0 Å². The zero-order chi connectivity index (χ0) is 18.0. The van der Waals surface area contributed by atoms with E-state index in [1.807, 2.05) is 0 Å². The topological polar surface area (TPSA) is 85.9 Å². The highest BCUT2D eigenvalue weighted by molar-refractivity contribution is 6.31. The van der Waals surface area contributed by atoms with Gasteiger partial charge in [0.05, 0.1) is 16.6 Å². The molecular weight excluding hydrogens is 352 g/mol. The van der Waals surface area contributed by atoms with Gasteiger partial charge in [-0.3, -0.25) is 9.59 Å². The highest BCUT2D eigenvalue weighted by Crippen LogP contribution is 2.24. The normalized spacial score (nSPS) is 11.7. The Kier molecular flexibility index (Phi) is 2.94. The minimum Gasteiger partial charge on any atom is -0.508 e. The van der Waals surface area contributed by atoms with E-state index in [9.17, 15) is 14.7 Å². The number of hydrogen-bond donors (Lipinski definition) is 3. The Balaban J connectivity index is 2.00. The van der Waals surface area contributed by atoms with E-state index in [0.717, 1.165) is 0 Å². The summed E-state index contributed by atoms with van der Waals surface area (Å²) in [4.78, 5) is 32.1. The molecule has 3 N–H and O–H groups in total. The second kappa shape index (κ2) is 5.09. The van der Waals surface area contributed by atoms with Crippen molar-refractivity contribution in [1.82, 2.24) is 9.97 Å². The number of pyridine rings is 2. The monoisotopic (exact) mass is 362 g/mol. The highest BCUT2D eigenvalue weighted by Gasteiger charge is 2.11. The van der Waals surface area contributed by atoms with Crippen molar-refractivity contribution in [3.05, 3.63) is 74.0 Å². The predicted octanol–water partition coefficient (Wildman–Crippen LogP) is 4.04. The third-order valence-corrected chi connectivity index (χ3v) is 4.89. The molecule has 0 fully saturated rings. The SMILES string of the molecule is O=c1c2cc(O)ccc2[nH]c2cc3c(=O)c4cc(Cl)ccc4[nH]c3cc12. The first-order valence-electron chi connectivity index (χ1n) is 7.95. The molecule has 2 aromatic heterocycles. The van der Waals surface area contributed by atoms with Gasteiger partial charge in [-0.25, -0.2) is 0 Å². The van der Waals surface area contributed by atoms with Gasteiger partial charge in [-0.05, 0) is 48.5 Å². The molecule has 2 heterocycles. The lowest BCUT2D eigenvalue weighted by atomic mass is 10.1. The van der Waals surface area contributed by atoms with Crippen LogP contribution in [0.15, 0.2) is 58.1 Å². The van der Waals surface area contributed by atoms with E-state index in [0.29, 0.717) is 48.6 Å². The summed E-state index contributed by atoms with van der Waals surface area (Å²) in [6, 6.07) is 13.0. The van der Waals surface area contributed by atoms with E-state index in [4.69, 9.17) is 11.6 Å². The number of H-pyrrole nitrogens is 2. The Morgan fingerprint density at radius 3 is 1.77 bits per heavy atom. The molecule has 0 saturated heterocycles. The molecule has 0 spiro atoms. The van der Waals surface area contributed by atoms with Crippen molar-refractivity contribution in [2.75, 3.05) is 0 Å². The largest absolute Gasteiger partial charge is 0.508 e. The summed E-state index contributed by atoms with van der Waals surface area (Å²) < 4.78 is 0. The van der Waals surface area contributed by atoms with Crippen LogP contribution in [-0.4, -0.2) is 15.1 Å². The second-order valence-electron chi connectivity index (χ2n) is 6.27.